The van der Waals surface area contributed by atoms with E-state index in [9.17, 15) is 4.79 Å². The molecule has 1 rings (SSSR count). The molecule has 0 spiro atoms. The van der Waals surface area contributed by atoms with Crippen LogP contribution in [0.5, 0.6) is 0 Å². The highest BCUT2D eigenvalue weighted by Gasteiger charge is 2.25. The quantitative estimate of drug-likeness (QED) is 0.503. The Morgan fingerprint density at radius 1 is 1.62 bits per heavy atom. The first kappa shape index (κ1) is 10.5. The van der Waals surface area contributed by atoms with E-state index in [1.807, 2.05) is 6.92 Å². The Labute approximate surface area is 81.0 Å². The van der Waals surface area contributed by atoms with Gasteiger partial charge in [-0.3, -0.25) is 0 Å². The lowest BCUT2D eigenvalue weighted by Gasteiger charge is -2.24. The molecule has 0 amide bonds. The van der Waals surface area contributed by atoms with E-state index in [1.165, 1.54) is 6.04 Å². The lowest BCUT2D eigenvalue weighted by Crippen LogP contribution is -2.28. The van der Waals surface area contributed by atoms with Gasteiger partial charge in [-0.05, 0) is 13.3 Å². The van der Waals surface area contributed by atoms with Gasteiger partial charge in [0.1, 0.15) is 0 Å². The van der Waals surface area contributed by atoms with Gasteiger partial charge in [0.05, 0.1) is 14.7 Å². The van der Waals surface area contributed by atoms with Gasteiger partial charge in [-0.2, -0.15) is 0 Å². The molecule has 74 valence electrons. The SMILES string of the molecule is CCOC(=O)C1=C[Si](C)(C)CCC1. The average Bonchev–Trinajstić information content (AvgIpc) is 2.03. The van der Waals surface area contributed by atoms with Crippen LogP contribution >= 0.6 is 0 Å². The monoisotopic (exact) mass is 198 g/mol. The summed E-state index contributed by atoms with van der Waals surface area (Å²) in [4.78, 5) is 11.4. The minimum Gasteiger partial charge on any atom is -0.463 e. The van der Waals surface area contributed by atoms with Crippen LogP contribution in [-0.4, -0.2) is 20.7 Å². The zero-order valence-electron chi connectivity index (χ0n) is 8.72. The Morgan fingerprint density at radius 2 is 2.31 bits per heavy atom. The molecule has 0 unspecified atom stereocenters. The summed E-state index contributed by atoms with van der Waals surface area (Å²) in [5.74, 6) is -0.0947. The van der Waals surface area contributed by atoms with E-state index in [1.54, 1.807) is 0 Å². The van der Waals surface area contributed by atoms with Gasteiger partial charge in [-0.15, -0.1) is 0 Å². The van der Waals surface area contributed by atoms with Gasteiger partial charge in [-0.1, -0.05) is 31.3 Å². The topological polar surface area (TPSA) is 26.3 Å². The van der Waals surface area contributed by atoms with Crippen molar-refractivity contribution in [2.24, 2.45) is 0 Å². The summed E-state index contributed by atoms with van der Waals surface area (Å²) >= 11 is 0. The van der Waals surface area contributed by atoms with Crippen LogP contribution in [-0.2, 0) is 9.53 Å². The van der Waals surface area contributed by atoms with Crippen LogP contribution in [0, 0.1) is 0 Å². The van der Waals surface area contributed by atoms with Gasteiger partial charge in [0.25, 0.3) is 0 Å². The number of hydrogen-bond acceptors (Lipinski definition) is 2. The fourth-order valence-corrected chi connectivity index (χ4v) is 4.17. The van der Waals surface area contributed by atoms with E-state index >= 15 is 0 Å². The molecule has 0 aromatic rings. The second-order valence-corrected chi connectivity index (χ2v) is 9.00. The summed E-state index contributed by atoms with van der Waals surface area (Å²) in [6, 6.07) is 1.30. The van der Waals surface area contributed by atoms with Crippen molar-refractivity contribution in [1.29, 1.82) is 0 Å². The fourth-order valence-electron chi connectivity index (χ4n) is 1.74. The van der Waals surface area contributed by atoms with Crippen molar-refractivity contribution in [3.05, 3.63) is 11.3 Å². The van der Waals surface area contributed by atoms with Crippen LogP contribution in [0.15, 0.2) is 11.3 Å². The molecule has 0 fully saturated rings. The van der Waals surface area contributed by atoms with Crippen molar-refractivity contribution < 1.29 is 9.53 Å². The Bertz CT molecular complexity index is 231. The van der Waals surface area contributed by atoms with E-state index in [4.69, 9.17) is 4.74 Å². The van der Waals surface area contributed by atoms with Crippen molar-refractivity contribution in [3.63, 3.8) is 0 Å². The minimum absolute atomic E-state index is 0.0947. The molecule has 1 heterocycles. The van der Waals surface area contributed by atoms with Gasteiger partial charge < -0.3 is 4.74 Å². The summed E-state index contributed by atoms with van der Waals surface area (Å²) in [6.07, 6.45) is 2.07. The molecular formula is C10H18O2Si. The number of carbonyl (C=O) groups is 1. The van der Waals surface area contributed by atoms with Crippen LogP contribution < -0.4 is 0 Å². The molecule has 0 saturated heterocycles. The first-order valence-corrected chi connectivity index (χ1v) is 8.22. The second-order valence-electron chi connectivity index (χ2n) is 4.23. The van der Waals surface area contributed by atoms with E-state index in [2.05, 4.69) is 18.8 Å². The number of esters is 1. The molecular weight excluding hydrogens is 180 g/mol. The first-order valence-electron chi connectivity index (χ1n) is 4.94. The normalized spacial score (nSPS) is 20.7. The molecule has 0 atom stereocenters. The van der Waals surface area contributed by atoms with Crippen molar-refractivity contribution in [2.45, 2.75) is 38.9 Å². The highest BCUT2D eigenvalue weighted by atomic mass is 28.3. The maximum Gasteiger partial charge on any atom is 0.333 e. The second kappa shape index (κ2) is 4.09. The molecule has 13 heavy (non-hydrogen) atoms. The lowest BCUT2D eigenvalue weighted by molar-refractivity contribution is -0.138. The average molecular weight is 198 g/mol. The lowest BCUT2D eigenvalue weighted by atomic mass is 10.2. The molecule has 1 aliphatic heterocycles. The van der Waals surface area contributed by atoms with Crippen LogP contribution in [0.4, 0.5) is 0 Å². The van der Waals surface area contributed by atoms with Crippen molar-refractivity contribution >= 4 is 14.0 Å². The van der Waals surface area contributed by atoms with E-state index < -0.39 is 8.07 Å². The number of carbonyl (C=O) groups excluding carboxylic acids is 1. The van der Waals surface area contributed by atoms with Crippen molar-refractivity contribution in [2.75, 3.05) is 6.61 Å². The number of ether oxygens (including phenoxy) is 1. The Balaban J connectivity index is 2.69. The van der Waals surface area contributed by atoms with Crippen LogP contribution in [0.1, 0.15) is 19.8 Å². The smallest absolute Gasteiger partial charge is 0.333 e. The predicted octanol–water partition coefficient (Wildman–Crippen LogP) is 2.52. The molecule has 0 bridgehead atoms. The zero-order chi connectivity index (χ0) is 9.90. The van der Waals surface area contributed by atoms with Gasteiger partial charge in [0.15, 0.2) is 0 Å². The Kier molecular flexibility index (Phi) is 3.31. The van der Waals surface area contributed by atoms with Gasteiger partial charge in [0, 0.05) is 5.57 Å². The zero-order valence-corrected chi connectivity index (χ0v) is 9.72. The molecule has 0 N–H and O–H groups in total. The molecule has 0 aliphatic carbocycles. The molecule has 2 nitrogen and oxygen atoms in total. The van der Waals surface area contributed by atoms with Gasteiger partial charge in [-0.25, -0.2) is 4.79 Å². The molecule has 0 aromatic heterocycles. The highest BCUT2D eigenvalue weighted by molar-refractivity contribution is 6.82. The van der Waals surface area contributed by atoms with Crippen LogP contribution in [0.2, 0.25) is 19.1 Å². The maximum absolute atomic E-state index is 11.4. The highest BCUT2D eigenvalue weighted by Crippen LogP contribution is 2.26. The standard InChI is InChI=1S/C10H18O2Si/c1-4-12-10(11)9-6-5-7-13(2,3)8-9/h8H,4-7H2,1-3H3. The third kappa shape index (κ3) is 2.99. The summed E-state index contributed by atoms with van der Waals surface area (Å²) < 4.78 is 4.99. The van der Waals surface area contributed by atoms with Gasteiger partial charge in [0.2, 0.25) is 0 Å². The van der Waals surface area contributed by atoms with E-state index in [0.717, 1.165) is 18.4 Å². The van der Waals surface area contributed by atoms with E-state index in [-0.39, 0.29) is 5.97 Å². The molecule has 3 heteroatoms. The van der Waals surface area contributed by atoms with E-state index in [0.29, 0.717) is 6.61 Å². The van der Waals surface area contributed by atoms with Crippen molar-refractivity contribution in [3.8, 4) is 0 Å². The first-order chi connectivity index (χ1) is 6.05. The Morgan fingerprint density at radius 3 is 2.85 bits per heavy atom. The summed E-state index contributed by atoms with van der Waals surface area (Å²) in [7, 11) is -1.21. The van der Waals surface area contributed by atoms with Crippen LogP contribution in [0.25, 0.3) is 0 Å². The molecule has 1 aliphatic rings. The Hall–Kier alpha value is -0.573. The molecule has 0 radical (unpaired) electrons. The number of hydrogen-bond donors (Lipinski definition) is 0. The summed E-state index contributed by atoms with van der Waals surface area (Å²) in [5.41, 5.74) is 3.12. The van der Waals surface area contributed by atoms with Crippen LogP contribution in [0.3, 0.4) is 0 Å². The maximum atomic E-state index is 11.4. The third-order valence-electron chi connectivity index (χ3n) is 2.37. The van der Waals surface area contributed by atoms with Crippen molar-refractivity contribution in [1.82, 2.24) is 0 Å². The molecule has 0 saturated carbocycles. The summed E-state index contributed by atoms with van der Waals surface area (Å²) in [6.45, 7) is 6.93. The third-order valence-corrected chi connectivity index (χ3v) is 5.14. The minimum atomic E-state index is -1.21. The molecule has 0 aromatic carbocycles. The summed E-state index contributed by atoms with van der Waals surface area (Å²) in [5, 5.41) is 0. The van der Waals surface area contributed by atoms with Gasteiger partial charge >= 0.3 is 5.97 Å². The number of rotatable bonds is 2. The predicted molar refractivity (Wildman–Crippen MR) is 56.2 cm³/mol. The fraction of sp³-hybridized carbons (Fsp3) is 0.700. The largest absolute Gasteiger partial charge is 0.463 e.